The molecule has 0 spiro atoms. The van der Waals surface area contributed by atoms with Crippen LogP contribution in [0.4, 0.5) is 0 Å². The molecule has 1 aliphatic heterocycles. The molecule has 0 N–H and O–H groups in total. The van der Waals surface area contributed by atoms with Crippen LogP contribution in [0.25, 0.3) is 0 Å². The van der Waals surface area contributed by atoms with Crippen LogP contribution in [0.2, 0.25) is 0 Å². The van der Waals surface area contributed by atoms with E-state index >= 15 is 0 Å². The molecule has 0 bridgehead atoms. The van der Waals surface area contributed by atoms with Gasteiger partial charge in [0.2, 0.25) is 0 Å². The molecule has 1 heteroatoms. The van der Waals surface area contributed by atoms with Gasteiger partial charge in [0.25, 0.3) is 0 Å². The average Bonchev–Trinajstić information content (AvgIpc) is 2.22. The summed E-state index contributed by atoms with van der Waals surface area (Å²) in [6.45, 7) is 2.12. The van der Waals surface area contributed by atoms with E-state index in [0.717, 1.165) is 0 Å². The number of hydrogen-bond donors (Lipinski definition) is 0. The number of hydrogen-bond acceptors (Lipinski definition) is 0. The zero-order valence-electron chi connectivity index (χ0n) is 5.18. The van der Waals surface area contributed by atoms with Crippen molar-refractivity contribution in [3.05, 3.63) is 34.7 Å². The van der Waals surface area contributed by atoms with Gasteiger partial charge in [0.15, 0.2) is 0 Å². The summed E-state index contributed by atoms with van der Waals surface area (Å²) in [4.78, 5) is 0. The zero-order valence-corrected chi connectivity index (χ0v) is 6.07. The smallest absolute Gasteiger partial charge is 0.0221 e. The van der Waals surface area contributed by atoms with Gasteiger partial charge in [-0.2, -0.15) is 0 Å². The first kappa shape index (κ1) is 5.20. The molecule has 0 atom stereocenters. The second-order valence-corrected chi connectivity index (χ2v) is 3.01. The van der Waals surface area contributed by atoms with E-state index in [-0.39, 0.29) is 0 Å². The van der Waals surface area contributed by atoms with E-state index in [2.05, 4.69) is 30.7 Å². The monoisotopic (exact) mass is 133 g/mol. The maximum absolute atomic E-state index is 3.24. The lowest BCUT2D eigenvalue weighted by atomic mass is 10.2. The van der Waals surface area contributed by atoms with Crippen LogP contribution >= 0.6 is 8.20 Å². The summed E-state index contributed by atoms with van der Waals surface area (Å²) in [7, 11) is 1.22. The molecule has 0 aromatic carbocycles. The quantitative estimate of drug-likeness (QED) is 0.445. The van der Waals surface area contributed by atoms with Crippen LogP contribution in [0.3, 0.4) is 0 Å². The second kappa shape index (κ2) is 1.68. The van der Waals surface area contributed by atoms with E-state index in [4.69, 9.17) is 0 Å². The van der Waals surface area contributed by atoms with E-state index < -0.39 is 0 Å². The molecule has 0 fully saturated rings. The average molecular weight is 133 g/mol. The van der Waals surface area contributed by atoms with E-state index in [0.29, 0.717) is 0 Å². The molecule has 0 saturated carbocycles. The topological polar surface area (TPSA) is 0 Å². The minimum atomic E-state index is 1.22. The summed E-state index contributed by atoms with van der Waals surface area (Å²) >= 11 is 0. The van der Waals surface area contributed by atoms with Crippen molar-refractivity contribution < 1.29 is 0 Å². The highest BCUT2D eigenvalue weighted by Gasteiger charge is 2.09. The van der Waals surface area contributed by atoms with Gasteiger partial charge in [-0.05, 0) is 29.5 Å². The molecule has 2 rings (SSSR count). The molecule has 43 valence electrons. The molecular formula is C8H6P. The fraction of sp³-hybridized carbons (Fsp3) is 0.125. The number of fused-ring (bicyclic) bond motifs is 1. The summed E-state index contributed by atoms with van der Waals surface area (Å²) in [5.41, 5.74) is 3.99. The summed E-state index contributed by atoms with van der Waals surface area (Å²) < 4.78 is 0. The predicted octanol–water partition coefficient (Wildman–Crippen LogP) is 2.40. The lowest BCUT2D eigenvalue weighted by molar-refractivity contribution is 1.56. The van der Waals surface area contributed by atoms with Crippen LogP contribution < -0.4 is 0 Å². The Hall–Kier alpha value is -0.610. The Bertz CT molecular complexity index is 264. The van der Waals surface area contributed by atoms with Gasteiger partial charge in [0.1, 0.15) is 0 Å². The van der Waals surface area contributed by atoms with E-state index in [1.165, 1.54) is 24.9 Å². The van der Waals surface area contributed by atoms with Crippen molar-refractivity contribution in [1.82, 2.24) is 0 Å². The van der Waals surface area contributed by atoms with Gasteiger partial charge in [-0.3, -0.25) is 0 Å². The van der Waals surface area contributed by atoms with Gasteiger partial charge in [-0.1, -0.05) is 20.4 Å². The van der Waals surface area contributed by atoms with Crippen molar-refractivity contribution in [2.24, 2.45) is 0 Å². The maximum Gasteiger partial charge on any atom is 0.0221 e. The van der Waals surface area contributed by atoms with E-state index in [1.807, 2.05) is 0 Å². The highest BCUT2D eigenvalue weighted by atomic mass is 31.1. The van der Waals surface area contributed by atoms with Crippen LogP contribution in [0, 0.1) is 0 Å². The molecule has 0 nitrogen and oxygen atoms in total. The van der Waals surface area contributed by atoms with Gasteiger partial charge in [-0.15, -0.1) is 0 Å². The first-order valence-electron chi connectivity index (χ1n) is 2.93. The summed E-state index contributed by atoms with van der Waals surface area (Å²) in [5.74, 6) is 5.42. The van der Waals surface area contributed by atoms with Crippen LogP contribution in [-0.2, 0) is 0 Å². The molecule has 0 aromatic heterocycles. The van der Waals surface area contributed by atoms with Crippen molar-refractivity contribution in [1.29, 1.82) is 0 Å². The van der Waals surface area contributed by atoms with Crippen molar-refractivity contribution in [2.45, 2.75) is 6.92 Å². The molecule has 1 aliphatic carbocycles. The third kappa shape index (κ3) is 0.710. The minimum absolute atomic E-state index is 1.22. The standard InChI is InChI=1S/C8H6P/c1-6-2-7-4-9-5-8(7)3-6/h2-4H,1H3. The summed E-state index contributed by atoms with van der Waals surface area (Å²) in [6, 6.07) is 0. The Balaban J connectivity index is 2.53. The van der Waals surface area contributed by atoms with Gasteiger partial charge in [0, 0.05) is 5.80 Å². The highest BCUT2D eigenvalue weighted by molar-refractivity contribution is 7.43. The van der Waals surface area contributed by atoms with Gasteiger partial charge >= 0.3 is 0 Å². The maximum atomic E-state index is 3.24. The van der Waals surface area contributed by atoms with Crippen molar-refractivity contribution in [2.75, 3.05) is 0 Å². The molecule has 0 saturated heterocycles. The number of rotatable bonds is 0. The zero-order chi connectivity index (χ0) is 6.27. The van der Waals surface area contributed by atoms with Crippen LogP contribution in [-0.4, -0.2) is 5.80 Å². The first-order chi connectivity index (χ1) is 4.36. The fourth-order valence-electron chi connectivity index (χ4n) is 1.05. The summed E-state index contributed by atoms with van der Waals surface area (Å²) in [5, 5.41) is 0. The van der Waals surface area contributed by atoms with Crippen molar-refractivity contribution in [3.63, 3.8) is 0 Å². The third-order valence-electron chi connectivity index (χ3n) is 1.45. The Labute approximate surface area is 56.4 Å². The minimum Gasteiger partial charge on any atom is -0.0661 e. The second-order valence-electron chi connectivity index (χ2n) is 2.27. The molecule has 1 heterocycles. The molecular weight excluding hydrogens is 127 g/mol. The van der Waals surface area contributed by atoms with Crippen LogP contribution in [0.5, 0.6) is 0 Å². The van der Waals surface area contributed by atoms with E-state index in [1.54, 1.807) is 0 Å². The Morgan fingerprint density at radius 3 is 3.11 bits per heavy atom. The van der Waals surface area contributed by atoms with Gasteiger partial charge in [-0.25, -0.2) is 0 Å². The highest BCUT2D eigenvalue weighted by Crippen LogP contribution is 2.29. The largest absolute Gasteiger partial charge is 0.0661 e. The molecule has 0 amide bonds. The number of allylic oxidation sites excluding steroid dienone is 5. The molecule has 0 unspecified atom stereocenters. The van der Waals surface area contributed by atoms with Crippen LogP contribution in [0.1, 0.15) is 6.92 Å². The van der Waals surface area contributed by atoms with Crippen molar-refractivity contribution in [3.8, 4) is 0 Å². The summed E-state index contributed by atoms with van der Waals surface area (Å²) in [6.07, 6.45) is 4.37. The normalized spacial score (nSPS) is 23.0. The Morgan fingerprint density at radius 2 is 2.33 bits per heavy atom. The lowest BCUT2D eigenvalue weighted by Crippen LogP contribution is -1.73. The lowest BCUT2D eigenvalue weighted by Gasteiger charge is -1.84. The molecule has 9 heavy (non-hydrogen) atoms. The van der Waals surface area contributed by atoms with Crippen LogP contribution in [0.15, 0.2) is 34.7 Å². The fourth-order valence-corrected chi connectivity index (χ4v) is 1.80. The first-order valence-corrected chi connectivity index (χ1v) is 3.89. The SMILES string of the molecule is CC1=CC2=CP=[C]C2=C1. The van der Waals surface area contributed by atoms with Crippen molar-refractivity contribution >= 4 is 14.0 Å². The van der Waals surface area contributed by atoms with E-state index in [9.17, 15) is 0 Å². The Morgan fingerprint density at radius 1 is 1.44 bits per heavy atom. The molecule has 2 aliphatic rings. The molecule has 0 aromatic rings. The molecule has 1 radical (unpaired) electrons. The van der Waals surface area contributed by atoms with Gasteiger partial charge in [0.05, 0.1) is 0 Å². The Kier molecular flexibility index (Phi) is 0.972. The predicted molar refractivity (Wildman–Crippen MR) is 41.9 cm³/mol. The third-order valence-corrected chi connectivity index (χ3v) is 2.23. The van der Waals surface area contributed by atoms with Gasteiger partial charge < -0.3 is 0 Å².